The van der Waals surface area contributed by atoms with Gasteiger partial charge in [-0.25, -0.2) is 0 Å². The van der Waals surface area contributed by atoms with Gasteiger partial charge in [-0.05, 0) is 49.4 Å². The molecule has 6 nitrogen and oxygen atoms in total. The summed E-state index contributed by atoms with van der Waals surface area (Å²) in [7, 11) is 1.97. The number of hydrogen-bond donors (Lipinski definition) is 2. The molecule has 0 aliphatic heterocycles. The Morgan fingerprint density at radius 2 is 2.00 bits per heavy atom. The van der Waals surface area contributed by atoms with Crippen LogP contribution in [0.15, 0.2) is 30.5 Å². The van der Waals surface area contributed by atoms with Gasteiger partial charge in [-0.3, -0.25) is 9.59 Å². The van der Waals surface area contributed by atoms with Crippen LogP contribution >= 0.6 is 0 Å². The fraction of sp³-hybridized carbons (Fsp3) is 0.522. The van der Waals surface area contributed by atoms with Crippen molar-refractivity contribution in [3.63, 3.8) is 0 Å². The van der Waals surface area contributed by atoms with Crippen LogP contribution in [0.4, 0.5) is 0 Å². The third-order valence-electron chi connectivity index (χ3n) is 5.75. The molecule has 1 fully saturated rings. The molecule has 6 heteroatoms. The summed E-state index contributed by atoms with van der Waals surface area (Å²) >= 11 is 0. The quantitative estimate of drug-likeness (QED) is 0.786. The minimum absolute atomic E-state index is 0.124. The van der Waals surface area contributed by atoms with Crippen molar-refractivity contribution >= 4 is 22.7 Å². The van der Waals surface area contributed by atoms with Crippen molar-refractivity contribution in [1.82, 2.24) is 15.2 Å². The number of aromatic nitrogens is 1. The predicted octanol–water partition coefficient (Wildman–Crippen LogP) is 3.52. The van der Waals surface area contributed by atoms with Crippen LogP contribution in [0.25, 0.3) is 10.9 Å². The van der Waals surface area contributed by atoms with E-state index in [1.807, 2.05) is 55.9 Å². The lowest BCUT2D eigenvalue weighted by Crippen LogP contribution is -2.50. The number of nitrogens with one attached hydrogen (secondary N) is 2. The van der Waals surface area contributed by atoms with Gasteiger partial charge in [-0.1, -0.05) is 26.7 Å². The average molecular weight is 395 g/mol. The van der Waals surface area contributed by atoms with E-state index in [2.05, 4.69) is 16.7 Å². The maximum Gasteiger partial charge on any atom is 0.251 e. The van der Waals surface area contributed by atoms with Gasteiger partial charge >= 0.3 is 0 Å². The number of carbonyl (C=O) groups is 2. The van der Waals surface area contributed by atoms with E-state index >= 15 is 0 Å². The number of aryl methyl sites for hydroxylation is 1. The van der Waals surface area contributed by atoms with Crippen molar-refractivity contribution in [3.05, 3.63) is 36.0 Å². The van der Waals surface area contributed by atoms with Gasteiger partial charge in [0.2, 0.25) is 5.91 Å². The van der Waals surface area contributed by atoms with Crippen LogP contribution in [-0.4, -0.2) is 28.5 Å². The Bertz CT molecular complexity index is 925. The molecule has 0 radical (unpaired) electrons. The van der Waals surface area contributed by atoms with E-state index in [1.165, 1.54) is 0 Å². The molecule has 2 amide bonds. The van der Waals surface area contributed by atoms with E-state index in [0.29, 0.717) is 17.9 Å². The largest absolute Gasteiger partial charge is 0.351 e. The molecule has 1 aliphatic rings. The molecule has 1 saturated carbocycles. The molecular weight excluding hydrogens is 364 g/mol. The molecule has 154 valence electrons. The smallest absolute Gasteiger partial charge is 0.251 e. The van der Waals surface area contributed by atoms with E-state index in [4.69, 9.17) is 0 Å². The molecule has 29 heavy (non-hydrogen) atoms. The number of amides is 2. The molecule has 1 aromatic carbocycles. The summed E-state index contributed by atoms with van der Waals surface area (Å²) < 4.78 is 2.02. The van der Waals surface area contributed by atoms with Crippen LogP contribution in [0, 0.1) is 23.2 Å². The van der Waals surface area contributed by atoms with Crippen LogP contribution in [0.1, 0.15) is 56.3 Å². The van der Waals surface area contributed by atoms with E-state index in [9.17, 15) is 14.9 Å². The molecule has 0 bridgehead atoms. The van der Waals surface area contributed by atoms with Gasteiger partial charge in [0.25, 0.3) is 5.91 Å². The van der Waals surface area contributed by atoms with E-state index in [0.717, 1.165) is 36.6 Å². The first-order valence-electron chi connectivity index (χ1n) is 10.4. The van der Waals surface area contributed by atoms with Gasteiger partial charge in [0.1, 0.15) is 6.04 Å². The van der Waals surface area contributed by atoms with Crippen LogP contribution in [-0.2, 0) is 11.8 Å². The lowest BCUT2D eigenvalue weighted by atomic mass is 9.83. The number of carbonyl (C=O) groups excluding carboxylic acids is 2. The molecule has 1 heterocycles. The number of nitriles is 1. The maximum absolute atomic E-state index is 12.9. The fourth-order valence-corrected chi connectivity index (χ4v) is 4.19. The number of hydrogen-bond acceptors (Lipinski definition) is 3. The topological polar surface area (TPSA) is 86.9 Å². The second-order valence-corrected chi connectivity index (χ2v) is 8.49. The van der Waals surface area contributed by atoms with Crippen LogP contribution in [0.2, 0.25) is 0 Å². The fourth-order valence-electron chi connectivity index (χ4n) is 4.19. The Morgan fingerprint density at radius 3 is 2.72 bits per heavy atom. The Morgan fingerprint density at radius 1 is 1.24 bits per heavy atom. The van der Waals surface area contributed by atoms with E-state index < -0.39 is 6.04 Å². The standard InChI is InChI=1S/C23H30N4O2/c1-15(2)12-18(14-24)25-23(29)19-6-4-5-7-20(19)26-22(28)17-8-9-21-16(13-17)10-11-27(21)3/h8-11,13,15,18-20H,4-7,12H2,1-3H3,(H,25,29)(H,26,28)/t18-,19+,20-/m0/s1. The lowest BCUT2D eigenvalue weighted by Gasteiger charge is -2.32. The molecule has 3 atom stereocenters. The highest BCUT2D eigenvalue weighted by Crippen LogP contribution is 2.26. The van der Waals surface area contributed by atoms with Gasteiger partial charge in [0.15, 0.2) is 0 Å². The second kappa shape index (κ2) is 9.13. The van der Waals surface area contributed by atoms with E-state index in [1.54, 1.807) is 0 Å². The summed E-state index contributed by atoms with van der Waals surface area (Å²) in [5.41, 5.74) is 1.67. The highest BCUT2D eigenvalue weighted by Gasteiger charge is 2.33. The monoisotopic (exact) mass is 394 g/mol. The maximum atomic E-state index is 12.9. The normalized spacial score (nSPS) is 20.2. The van der Waals surface area contributed by atoms with Crippen molar-refractivity contribution in [2.45, 2.75) is 58.0 Å². The summed E-state index contributed by atoms with van der Waals surface area (Å²) in [5.74, 6) is -0.244. The lowest BCUT2D eigenvalue weighted by molar-refractivity contribution is -0.127. The second-order valence-electron chi connectivity index (χ2n) is 8.49. The third-order valence-corrected chi connectivity index (χ3v) is 5.75. The van der Waals surface area contributed by atoms with Crippen LogP contribution in [0.5, 0.6) is 0 Å². The van der Waals surface area contributed by atoms with Crippen LogP contribution < -0.4 is 10.6 Å². The molecule has 2 aromatic rings. The zero-order chi connectivity index (χ0) is 21.0. The number of rotatable bonds is 6. The molecule has 2 N–H and O–H groups in total. The summed E-state index contributed by atoms with van der Waals surface area (Å²) in [4.78, 5) is 25.7. The highest BCUT2D eigenvalue weighted by molar-refractivity contribution is 5.98. The van der Waals surface area contributed by atoms with Crippen molar-refractivity contribution in [1.29, 1.82) is 5.26 Å². The SMILES string of the molecule is CC(C)C[C@@H](C#N)NC(=O)[C@@H]1CCCC[C@@H]1NC(=O)c1ccc2c(ccn2C)c1. The first-order chi connectivity index (χ1) is 13.9. The first-order valence-corrected chi connectivity index (χ1v) is 10.4. The molecule has 3 rings (SSSR count). The summed E-state index contributed by atoms with van der Waals surface area (Å²) in [5, 5.41) is 16.3. The number of fused-ring (bicyclic) bond motifs is 1. The van der Waals surface area contributed by atoms with Crippen molar-refractivity contribution in [2.24, 2.45) is 18.9 Å². The zero-order valence-electron chi connectivity index (χ0n) is 17.4. The Balaban J connectivity index is 1.69. The Kier molecular flexibility index (Phi) is 6.58. The predicted molar refractivity (Wildman–Crippen MR) is 113 cm³/mol. The van der Waals surface area contributed by atoms with Gasteiger partial charge in [0.05, 0.1) is 12.0 Å². The van der Waals surface area contributed by atoms with Crippen LogP contribution in [0.3, 0.4) is 0 Å². The van der Waals surface area contributed by atoms with Crippen molar-refractivity contribution < 1.29 is 9.59 Å². The van der Waals surface area contributed by atoms with Gasteiger partial charge in [-0.2, -0.15) is 5.26 Å². The third kappa shape index (κ3) is 4.97. The Labute approximate surface area is 172 Å². The Hall–Kier alpha value is -2.81. The number of nitrogens with zero attached hydrogens (tertiary/aromatic N) is 2. The van der Waals surface area contributed by atoms with Gasteiger partial charge in [-0.15, -0.1) is 0 Å². The zero-order valence-corrected chi connectivity index (χ0v) is 17.4. The summed E-state index contributed by atoms with van der Waals surface area (Å²) in [6.07, 6.45) is 6.05. The summed E-state index contributed by atoms with van der Waals surface area (Å²) in [6.45, 7) is 4.06. The minimum atomic E-state index is -0.485. The average Bonchev–Trinajstić information content (AvgIpc) is 3.07. The van der Waals surface area contributed by atoms with Crippen molar-refractivity contribution in [3.8, 4) is 6.07 Å². The molecule has 0 unspecified atom stereocenters. The number of benzene rings is 1. The van der Waals surface area contributed by atoms with E-state index in [-0.39, 0.29) is 23.8 Å². The van der Waals surface area contributed by atoms with Crippen molar-refractivity contribution in [2.75, 3.05) is 0 Å². The first kappa shape index (κ1) is 20.9. The van der Waals surface area contributed by atoms with Gasteiger partial charge < -0.3 is 15.2 Å². The molecular formula is C23H30N4O2. The minimum Gasteiger partial charge on any atom is -0.351 e. The molecule has 0 spiro atoms. The molecule has 1 aliphatic carbocycles. The molecule has 1 aromatic heterocycles. The van der Waals surface area contributed by atoms with Gasteiger partial charge in [0, 0.05) is 35.8 Å². The highest BCUT2D eigenvalue weighted by atomic mass is 16.2. The molecule has 0 saturated heterocycles. The summed E-state index contributed by atoms with van der Waals surface area (Å²) in [6, 6.07) is 9.13.